The van der Waals surface area contributed by atoms with E-state index in [0.717, 1.165) is 9.72 Å². The van der Waals surface area contributed by atoms with Gasteiger partial charge in [0.1, 0.15) is 0 Å². The van der Waals surface area contributed by atoms with Crippen molar-refractivity contribution in [3.63, 3.8) is 0 Å². The molecule has 0 spiro atoms. The van der Waals surface area contributed by atoms with Gasteiger partial charge in [0, 0.05) is 14.6 Å². The fourth-order valence-corrected chi connectivity index (χ4v) is 2.97. The summed E-state index contributed by atoms with van der Waals surface area (Å²) in [6.45, 7) is 4.60. The molecule has 0 fully saturated rings. The smallest absolute Gasteiger partial charge is 0.0176 e. The van der Waals surface area contributed by atoms with Crippen LogP contribution < -0.4 is 0 Å². The topological polar surface area (TPSA) is 0 Å². The molecule has 0 saturated heterocycles. The van der Waals surface area contributed by atoms with Crippen molar-refractivity contribution < 1.29 is 0 Å². The van der Waals surface area contributed by atoms with Crippen LogP contribution in [0.2, 0.25) is 0 Å². The summed E-state index contributed by atoms with van der Waals surface area (Å²) in [5, 5.41) is 0.734. The van der Waals surface area contributed by atoms with Crippen molar-refractivity contribution in [1.29, 1.82) is 0 Å². The minimum absolute atomic E-state index is 0.734. The average Bonchev–Trinajstić information content (AvgIpc) is 2.28. The van der Waals surface area contributed by atoms with Crippen LogP contribution in [0.4, 0.5) is 0 Å². The van der Waals surface area contributed by atoms with E-state index in [9.17, 15) is 0 Å². The summed E-state index contributed by atoms with van der Waals surface area (Å²) in [4.78, 5) is 1.38. The first-order valence-corrected chi connectivity index (χ1v) is 7.82. The van der Waals surface area contributed by atoms with Crippen LogP contribution in [0.25, 0.3) is 0 Å². The van der Waals surface area contributed by atoms with E-state index in [2.05, 4.69) is 54.0 Å². The summed E-state index contributed by atoms with van der Waals surface area (Å²) < 4.78 is 1.16. The van der Waals surface area contributed by atoms with Crippen molar-refractivity contribution in [1.82, 2.24) is 0 Å². The van der Waals surface area contributed by atoms with E-state index in [0.29, 0.717) is 0 Å². The van der Waals surface area contributed by atoms with Gasteiger partial charge in [-0.1, -0.05) is 55.5 Å². The lowest BCUT2D eigenvalue weighted by Gasteiger charge is -2.10. The summed E-state index contributed by atoms with van der Waals surface area (Å²) in [5.41, 5.74) is 0. The molecule has 1 atom stereocenters. The Labute approximate surface area is 112 Å². The van der Waals surface area contributed by atoms with E-state index in [-0.39, 0.29) is 0 Å². The van der Waals surface area contributed by atoms with Crippen molar-refractivity contribution in [2.45, 2.75) is 56.1 Å². The summed E-state index contributed by atoms with van der Waals surface area (Å²) in [6.07, 6.45) is 6.81. The second kappa shape index (κ2) is 8.19. The number of benzene rings is 1. The van der Waals surface area contributed by atoms with Gasteiger partial charge in [-0.3, -0.25) is 0 Å². The van der Waals surface area contributed by atoms with Crippen LogP contribution in [0, 0.1) is 0 Å². The summed E-state index contributed by atoms with van der Waals surface area (Å²) in [6, 6.07) is 8.62. The van der Waals surface area contributed by atoms with E-state index in [1.807, 2.05) is 11.8 Å². The van der Waals surface area contributed by atoms with Crippen LogP contribution in [0.15, 0.2) is 33.6 Å². The van der Waals surface area contributed by atoms with Crippen molar-refractivity contribution in [2.75, 3.05) is 0 Å². The molecule has 16 heavy (non-hydrogen) atoms. The Balaban J connectivity index is 2.23. The molecule has 0 saturated carbocycles. The van der Waals surface area contributed by atoms with Gasteiger partial charge in [-0.05, 0) is 30.7 Å². The van der Waals surface area contributed by atoms with Crippen LogP contribution >= 0.6 is 27.7 Å². The lowest BCUT2D eigenvalue weighted by molar-refractivity contribution is 0.630. The van der Waals surface area contributed by atoms with Gasteiger partial charge in [-0.25, -0.2) is 0 Å². The van der Waals surface area contributed by atoms with Crippen molar-refractivity contribution in [3.05, 3.63) is 28.7 Å². The minimum atomic E-state index is 0.734. The Kier molecular flexibility index (Phi) is 7.22. The SMILES string of the molecule is CCCCCC[C@H](C)Sc1ccc(Br)cc1. The average molecular weight is 301 g/mol. The molecular weight excluding hydrogens is 280 g/mol. The quantitative estimate of drug-likeness (QED) is 0.446. The highest BCUT2D eigenvalue weighted by Gasteiger charge is 2.03. The summed E-state index contributed by atoms with van der Waals surface area (Å²) in [5.74, 6) is 0. The lowest BCUT2D eigenvalue weighted by Crippen LogP contribution is -1.95. The molecule has 0 aliphatic heterocycles. The number of thioether (sulfide) groups is 1. The molecule has 0 N–H and O–H groups in total. The van der Waals surface area contributed by atoms with E-state index < -0.39 is 0 Å². The molecule has 0 aliphatic carbocycles. The summed E-state index contributed by atoms with van der Waals surface area (Å²) in [7, 11) is 0. The van der Waals surface area contributed by atoms with Gasteiger partial charge in [-0.15, -0.1) is 11.8 Å². The molecule has 0 radical (unpaired) electrons. The Bertz CT molecular complexity index is 281. The zero-order valence-corrected chi connectivity index (χ0v) is 12.6. The van der Waals surface area contributed by atoms with E-state index in [4.69, 9.17) is 0 Å². The molecule has 0 nitrogen and oxygen atoms in total. The third-order valence-corrected chi connectivity index (χ3v) is 4.33. The van der Waals surface area contributed by atoms with E-state index in [1.54, 1.807) is 0 Å². The minimum Gasteiger partial charge on any atom is -0.123 e. The molecule has 90 valence electrons. The van der Waals surface area contributed by atoms with Gasteiger partial charge in [0.25, 0.3) is 0 Å². The predicted molar refractivity (Wildman–Crippen MR) is 78.2 cm³/mol. The largest absolute Gasteiger partial charge is 0.123 e. The standard InChI is InChI=1S/C14H21BrS/c1-3-4-5-6-7-12(2)16-14-10-8-13(15)9-11-14/h8-12H,3-7H2,1-2H3/t12-/m0/s1. The number of hydrogen-bond donors (Lipinski definition) is 0. The fourth-order valence-electron chi connectivity index (χ4n) is 1.66. The molecule has 0 amide bonds. The Hall–Kier alpha value is 0.0500. The highest BCUT2D eigenvalue weighted by Crippen LogP contribution is 2.27. The lowest BCUT2D eigenvalue weighted by atomic mass is 10.1. The van der Waals surface area contributed by atoms with Crippen LogP contribution in [0.1, 0.15) is 46.0 Å². The third kappa shape index (κ3) is 5.95. The number of hydrogen-bond acceptors (Lipinski definition) is 1. The monoisotopic (exact) mass is 300 g/mol. The third-order valence-electron chi connectivity index (χ3n) is 2.62. The predicted octanol–water partition coefficient (Wildman–Crippen LogP) is 5.90. The van der Waals surface area contributed by atoms with Crippen LogP contribution in [-0.2, 0) is 0 Å². The number of rotatable bonds is 7. The van der Waals surface area contributed by atoms with Crippen LogP contribution in [0.3, 0.4) is 0 Å². The number of unbranched alkanes of at least 4 members (excludes halogenated alkanes) is 3. The normalized spacial score (nSPS) is 12.7. The van der Waals surface area contributed by atoms with E-state index >= 15 is 0 Å². The van der Waals surface area contributed by atoms with Crippen molar-refractivity contribution in [2.24, 2.45) is 0 Å². The molecule has 1 rings (SSSR count). The Morgan fingerprint density at radius 3 is 2.44 bits per heavy atom. The zero-order valence-electron chi connectivity index (χ0n) is 10.2. The first-order chi connectivity index (χ1) is 7.72. The highest BCUT2D eigenvalue weighted by molar-refractivity contribution is 9.10. The Morgan fingerprint density at radius 2 is 1.81 bits per heavy atom. The molecule has 2 heteroatoms. The highest BCUT2D eigenvalue weighted by atomic mass is 79.9. The van der Waals surface area contributed by atoms with Gasteiger partial charge in [0.05, 0.1) is 0 Å². The second-order valence-electron chi connectivity index (χ2n) is 4.23. The molecule has 1 aromatic rings. The maximum Gasteiger partial charge on any atom is 0.0176 e. The molecule has 0 bridgehead atoms. The van der Waals surface area contributed by atoms with Crippen LogP contribution in [0.5, 0.6) is 0 Å². The molecule has 1 aromatic carbocycles. The maximum atomic E-state index is 3.46. The molecule has 0 aromatic heterocycles. The maximum absolute atomic E-state index is 3.46. The Morgan fingerprint density at radius 1 is 1.12 bits per heavy atom. The van der Waals surface area contributed by atoms with Gasteiger partial charge in [-0.2, -0.15) is 0 Å². The van der Waals surface area contributed by atoms with E-state index in [1.165, 1.54) is 37.0 Å². The van der Waals surface area contributed by atoms with Crippen molar-refractivity contribution >= 4 is 27.7 Å². The number of halogens is 1. The zero-order chi connectivity index (χ0) is 11.8. The van der Waals surface area contributed by atoms with Gasteiger partial charge in [0.15, 0.2) is 0 Å². The summed E-state index contributed by atoms with van der Waals surface area (Å²) >= 11 is 5.45. The van der Waals surface area contributed by atoms with Gasteiger partial charge < -0.3 is 0 Å². The van der Waals surface area contributed by atoms with Gasteiger partial charge >= 0.3 is 0 Å². The molecule has 0 unspecified atom stereocenters. The molecule has 0 aliphatic rings. The first kappa shape index (κ1) is 14.1. The fraction of sp³-hybridized carbons (Fsp3) is 0.571. The van der Waals surface area contributed by atoms with Crippen LogP contribution in [-0.4, -0.2) is 5.25 Å². The second-order valence-corrected chi connectivity index (χ2v) is 6.66. The molecule has 0 heterocycles. The first-order valence-electron chi connectivity index (χ1n) is 6.14. The molecular formula is C14H21BrS. The van der Waals surface area contributed by atoms with Gasteiger partial charge in [0.2, 0.25) is 0 Å². The van der Waals surface area contributed by atoms with Crippen molar-refractivity contribution in [3.8, 4) is 0 Å².